The number of nitrogens with zero attached hydrogens (tertiary/aromatic N) is 3. The summed E-state index contributed by atoms with van der Waals surface area (Å²) in [7, 11) is 3.12. The maximum absolute atomic E-state index is 12.7. The molecular weight excluding hydrogens is 416 g/mol. The average molecular weight is 443 g/mol. The molecule has 1 aromatic heterocycles. The van der Waals surface area contributed by atoms with Crippen molar-refractivity contribution >= 4 is 28.3 Å². The van der Waals surface area contributed by atoms with E-state index >= 15 is 0 Å². The van der Waals surface area contributed by atoms with E-state index in [9.17, 15) is 4.79 Å². The molecule has 0 bridgehead atoms. The molecule has 0 radical (unpaired) electrons. The highest BCUT2D eigenvalue weighted by Gasteiger charge is 2.19. The van der Waals surface area contributed by atoms with Gasteiger partial charge in [0.2, 0.25) is 0 Å². The van der Waals surface area contributed by atoms with Crippen molar-refractivity contribution < 1.29 is 14.3 Å². The Hall–Kier alpha value is -4.00. The molecule has 5 rings (SSSR count). The molecule has 1 aliphatic heterocycles. The van der Waals surface area contributed by atoms with Gasteiger partial charge in [-0.3, -0.25) is 4.79 Å². The van der Waals surface area contributed by atoms with Gasteiger partial charge in [-0.2, -0.15) is 0 Å². The van der Waals surface area contributed by atoms with Gasteiger partial charge >= 0.3 is 0 Å². The first-order valence-corrected chi connectivity index (χ1v) is 11.0. The predicted molar refractivity (Wildman–Crippen MR) is 129 cm³/mol. The van der Waals surface area contributed by atoms with E-state index in [1.807, 2.05) is 30.3 Å². The molecule has 2 heterocycles. The molecule has 0 fully saturated rings. The van der Waals surface area contributed by atoms with Gasteiger partial charge in [-0.1, -0.05) is 12.1 Å². The molecule has 7 heteroatoms. The number of carbonyl (C=O) groups excluding carboxylic acids is 1. The molecule has 3 aromatic carbocycles. The number of nitrogens with one attached hydrogen (secondary N) is 1. The minimum absolute atomic E-state index is 0.202. The summed E-state index contributed by atoms with van der Waals surface area (Å²) in [5.41, 5.74) is 4.59. The third kappa shape index (κ3) is 4.09. The molecule has 1 aliphatic rings. The fourth-order valence-corrected chi connectivity index (χ4v) is 4.32. The van der Waals surface area contributed by atoms with E-state index in [0.717, 1.165) is 48.8 Å². The molecule has 0 unspecified atom stereocenters. The molecule has 33 heavy (non-hydrogen) atoms. The number of aromatic nitrogens is 2. The van der Waals surface area contributed by atoms with E-state index in [1.165, 1.54) is 5.52 Å². The summed E-state index contributed by atoms with van der Waals surface area (Å²) in [6.07, 6.45) is 1.05. The zero-order valence-electron chi connectivity index (χ0n) is 18.7. The first kappa shape index (κ1) is 20.9. The van der Waals surface area contributed by atoms with Crippen LogP contribution in [0.15, 0.2) is 66.7 Å². The van der Waals surface area contributed by atoms with Crippen LogP contribution >= 0.6 is 0 Å². The lowest BCUT2D eigenvalue weighted by molar-refractivity contribution is 0.102. The molecule has 168 valence electrons. The van der Waals surface area contributed by atoms with Gasteiger partial charge in [0.25, 0.3) is 5.91 Å². The fraction of sp³-hybridized carbons (Fsp3) is 0.231. The second-order valence-corrected chi connectivity index (χ2v) is 8.01. The molecule has 0 aliphatic carbocycles. The number of para-hydroxylation sites is 2. The summed E-state index contributed by atoms with van der Waals surface area (Å²) in [6, 6.07) is 21.4. The molecule has 7 nitrogen and oxygen atoms in total. The summed E-state index contributed by atoms with van der Waals surface area (Å²) < 4.78 is 12.9. The van der Waals surface area contributed by atoms with E-state index in [4.69, 9.17) is 14.5 Å². The Kier molecular flexibility index (Phi) is 5.60. The van der Waals surface area contributed by atoms with Crippen LogP contribution in [-0.2, 0) is 13.1 Å². The van der Waals surface area contributed by atoms with Crippen LogP contribution in [0, 0.1) is 0 Å². The summed E-state index contributed by atoms with van der Waals surface area (Å²) >= 11 is 0. The highest BCUT2D eigenvalue weighted by Crippen LogP contribution is 2.29. The molecular formula is C26H26N4O3. The molecule has 0 saturated heterocycles. The van der Waals surface area contributed by atoms with Crippen molar-refractivity contribution in [3.05, 3.63) is 78.1 Å². The number of hydrogen-bond donors (Lipinski definition) is 1. The van der Waals surface area contributed by atoms with Crippen LogP contribution < -0.4 is 19.7 Å². The fourth-order valence-electron chi connectivity index (χ4n) is 4.32. The second kappa shape index (κ2) is 8.86. The monoisotopic (exact) mass is 442 g/mol. The zero-order chi connectivity index (χ0) is 22.8. The Bertz CT molecular complexity index is 1300. The predicted octanol–water partition coefficient (Wildman–Crippen LogP) is 4.72. The van der Waals surface area contributed by atoms with Crippen LogP contribution in [0.4, 0.5) is 11.4 Å². The van der Waals surface area contributed by atoms with E-state index in [2.05, 4.69) is 33.0 Å². The van der Waals surface area contributed by atoms with Crippen molar-refractivity contribution in [2.24, 2.45) is 0 Å². The van der Waals surface area contributed by atoms with Crippen molar-refractivity contribution in [3.63, 3.8) is 0 Å². The molecule has 1 N–H and O–H groups in total. The standard InChI is InChI=1S/C26H26N4O3/c1-32-23-13-8-18(16-24(23)33-2)26(31)27-19-9-11-20(12-10-19)29-14-5-15-30-22-7-4-3-6-21(22)28-25(30)17-29/h3-4,6-13,16H,5,14-15,17H2,1-2H3,(H,27,31). The van der Waals surface area contributed by atoms with Gasteiger partial charge in [-0.15, -0.1) is 0 Å². The highest BCUT2D eigenvalue weighted by atomic mass is 16.5. The number of carbonyl (C=O) groups is 1. The second-order valence-electron chi connectivity index (χ2n) is 8.01. The Balaban J connectivity index is 1.31. The van der Waals surface area contributed by atoms with Gasteiger partial charge in [0, 0.05) is 30.0 Å². The van der Waals surface area contributed by atoms with E-state index in [-0.39, 0.29) is 5.91 Å². The van der Waals surface area contributed by atoms with Crippen LogP contribution in [0.5, 0.6) is 11.5 Å². The number of fused-ring (bicyclic) bond motifs is 3. The Morgan fingerprint density at radius 1 is 0.939 bits per heavy atom. The molecule has 0 saturated carbocycles. The number of anilines is 2. The van der Waals surface area contributed by atoms with Crippen LogP contribution in [0.1, 0.15) is 22.6 Å². The minimum atomic E-state index is -0.202. The number of benzene rings is 3. The van der Waals surface area contributed by atoms with Crippen molar-refractivity contribution in [2.75, 3.05) is 31.0 Å². The number of imidazole rings is 1. The lowest BCUT2D eigenvalue weighted by Gasteiger charge is -2.22. The van der Waals surface area contributed by atoms with Crippen LogP contribution in [0.25, 0.3) is 11.0 Å². The number of ether oxygens (including phenoxy) is 2. The maximum atomic E-state index is 12.7. The normalized spacial score (nSPS) is 13.3. The number of hydrogen-bond acceptors (Lipinski definition) is 5. The van der Waals surface area contributed by atoms with Crippen LogP contribution in [-0.4, -0.2) is 36.2 Å². The van der Waals surface area contributed by atoms with Crippen molar-refractivity contribution in [1.29, 1.82) is 0 Å². The van der Waals surface area contributed by atoms with Gasteiger partial charge in [0.1, 0.15) is 5.82 Å². The van der Waals surface area contributed by atoms with Gasteiger partial charge in [0.05, 0.1) is 31.8 Å². The zero-order valence-corrected chi connectivity index (χ0v) is 18.7. The molecule has 0 atom stereocenters. The number of rotatable bonds is 5. The third-order valence-electron chi connectivity index (χ3n) is 6.01. The Labute approximate surface area is 192 Å². The van der Waals surface area contributed by atoms with Gasteiger partial charge in [-0.05, 0) is 61.0 Å². The van der Waals surface area contributed by atoms with Gasteiger partial charge in [0.15, 0.2) is 11.5 Å². The van der Waals surface area contributed by atoms with Crippen molar-refractivity contribution in [3.8, 4) is 11.5 Å². The highest BCUT2D eigenvalue weighted by molar-refractivity contribution is 6.04. The Morgan fingerprint density at radius 2 is 1.73 bits per heavy atom. The molecule has 1 amide bonds. The number of amides is 1. The van der Waals surface area contributed by atoms with E-state index < -0.39 is 0 Å². The minimum Gasteiger partial charge on any atom is -0.493 e. The Morgan fingerprint density at radius 3 is 2.52 bits per heavy atom. The number of methoxy groups -OCH3 is 2. The average Bonchev–Trinajstić information content (AvgIpc) is 3.06. The quantitative estimate of drug-likeness (QED) is 0.485. The third-order valence-corrected chi connectivity index (χ3v) is 6.01. The smallest absolute Gasteiger partial charge is 0.255 e. The first-order valence-electron chi connectivity index (χ1n) is 11.0. The lowest BCUT2D eigenvalue weighted by atomic mass is 10.1. The molecule has 4 aromatic rings. The van der Waals surface area contributed by atoms with Gasteiger partial charge in [-0.25, -0.2) is 4.98 Å². The molecule has 0 spiro atoms. The van der Waals surface area contributed by atoms with E-state index in [1.54, 1.807) is 32.4 Å². The topological polar surface area (TPSA) is 68.6 Å². The van der Waals surface area contributed by atoms with E-state index in [0.29, 0.717) is 17.1 Å². The summed E-state index contributed by atoms with van der Waals surface area (Å²) in [5, 5.41) is 2.95. The van der Waals surface area contributed by atoms with Crippen LogP contribution in [0.2, 0.25) is 0 Å². The first-order chi connectivity index (χ1) is 16.2. The lowest BCUT2D eigenvalue weighted by Crippen LogP contribution is -2.23. The van der Waals surface area contributed by atoms with Gasteiger partial charge < -0.3 is 24.3 Å². The summed E-state index contributed by atoms with van der Waals surface area (Å²) in [6.45, 7) is 2.67. The summed E-state index contributed by atoms with van der Waals surface area (Å²) in [4.78, 5) is 19.9. The SMILES string of the molecule is COc1ccc(C(=O)Nc2ccc(N3CCCn4c(nc5ccccc54)C3)cc2)cc1OC. The maximum Gasteiger partial charge on any atom is 0.255 e. The number of aryl methyl sites for hydroxylation is 1. The van der Waals surface area contributed by atoms with Crippen molar-refractivity contribution in [2.45, 2.75) is 19.5 Å². The van der Waals surface area contributed by atoms with Crippen LogP contribution in [0.3, 0.4) is 0 Å². The van der Waals surface area contributed by atoms with Crippen molar-refractivity contribution in [1.82, 2.24) is 9.55 Å². The largest absolute Gasteiger partial charge is 0.493 e. The summed E-state index contributed by atoms with van der Waals surface area (Å²) in [5.74, 6) is 1.99.